The Bertz CT molecular complexity index is 863. The van der Waals surface area contributed by atoms with Crippen LogP contribution in [0, 0.1) is 0 Å². The number of aromatic nitrogens is 1. The molecule has 5 N–H and O–H groups in total. The minimum atomic E-state index is -0.370. The van der Waals surface area contributed by atoms with Crippen LogP contribution in [0.5, 0.6) is 0 Å². The molecule has 247 valence electrons. The maximum absolute atomic E-state index is 11.9. The molecule has 43 heavy (non-hydrogen) atoms. The van der Waals surface area contributed by atoms with Gasteiger partial charge in [0.15, 0.2) is 0 Å². The van der Waals surface area contributed by atoms with Gasteiger partial charge >= 0.3 is 39.4 Å². The van der Waals surface area contributed by atoms with E-state index in [0.29, 0.717) is 43.9 Å². The van der Waals surface area contributed by atoms with Crippen LogP contribution in [0.1, 0.15) is 82.5 Å². The second-order valence-corrected chi connectivity index (χ2v) is 14.5. The van der Waals surface area contributed by atoms with Crippen molar-refractivity contribution in [2.45, 2.75) is 113 Å². The first kappa shape index (κ1) is 37.1. The summed E-state index contributed by atoms with van der Waals surface area (Å²) in [7, 11) is 9.59. The molecule has 0 aromatic carbocycles. The first-order valence-corrected chi connectivity index (χ1v) is 20.3. The van der Waals surface area contributed by atoms with Crippen molar-refractivity contribution in [3.05, 3.63) is 23.5 Å². The zero-order chi connectivity index (χ0) is 30.5. The molecule has 1 aliphatic heterocycles. The van der Waals surface area contributed by atoms with Gasteiger partial charge in [-0.3, -0.25) is 4.98 Å². The van der Waals surface area contributed by atoms with E-state index in [1.807, 2.05) is 11.8 Å². The van der Waals surface area contributed by atoms with Crippen LogP contribution >= 0.6 is 32.0 Å². The molecule has 4 atom stereocenters. The van der Waals surface area contributed by atoms with Crippen molar-refractivity contribution in [3.63, 3.8) is 0 Å². The molecule has 13 heteroatoms. The van der Waals surface area contributed by atoms with Crippen LogP contribution < -0.4 is 26.6 Å². The van der Waals surface area contributed by atoms with Gasteiger partial charge in [-0.25, -0.2) is 4.79 Å². The number of rotatable bonds is 10. The summed E-state index contributed by atoms with van der Waals surface area (Å²) in [5.74, 6) is 0.889. The number of ether oxygens (including phenoxy) is 2. The SMILES string of the molecule is CCCOCCNC(=O)OCCCSc1cc2nc(c1)CN[C@@H]1CCCC[C@H]1NCCN[C@@H]1CCCC[C@H]1NC2.[Cl][Mn][Cl]. The number of hydrogen-bond donors (Lipinski definition) is 5. The van der Waals surface area contributed by atoms with Crippen LogP contribution in [-0.4, -0.2) is 80.5 Å². The van der Waals surface area contributed by atoms with Crippen LogP contribution in [0.2, 0.25) is 0 Å². The standard InChI is InChI=1S/C30H52N6O3S.2ClH.Mn/c1-2-15-38-17-14-33-30(37)39-16-7-18-40-25-19-23-21-34-28-10-5-3-8-26(28)31-12-13-32-27-9-4-6-11-29(27)35-22-24(20-25)36-23;;;/h19-20,26-29,31-32,34-35H,2-18,21-22H2,1H3,(H,33,37);2*1H;/q;;;+2/p-2/t26-,27-,28-,29-;;;/m1.../s1. The molecule has 9 nitrogen and oxygen atoms in total. The summed E-state index contributed by atoms with van der Waals surface area (Å²) in [6.45, 7) is 7.83. The number of fused-ring (bicyclic) bond motifs is 4. The number of halogens is 2. The molecule has 1 amide bonds. The van der Waals surface area contributed by atoms with Crippen molar-refractivity contribution in [2.75, 3.05) is 45.2 Å². The Hall–Kier alpha value is -0.331. The fourth-order valence-corrected chi connectivity index (χ4v) is 6.98. The van der Waals surface area contributed by atoms with Crippen molar-refractivity contribution in [2.24, 2.45) is 0 Å². The fraction of sp³-hybridized carbons (Fsp3) is 0.800. The van der Waals surface area contributed by atoms with Crippen molar-refractivity contribution in [1.82, 2.24) is 31.6 Å². The number of carbonyl (C=O) groups excluding carboxylic acids is 1. The Balaban J connectivity index is 0.00000162. The van der Waals surface area contributed by atoms with E-state index in [0.717, 1.165) is 62.8 Å². The average molecular weight is 703 g/mol. The molecule has 2 fully saturated rings. The minimum absolute atomic E-state index is 0.00694. The summed E-state index contributed by atoms with van der Waals surface area (Å²) in [6, 6.07) is 6.50. The molecule has 4 rings (SSSR count). The number of nitrogens with zero attached hydrogens (tertiary/aromatic N) is 1. The van der Waals surface area contributed by atoms with Gasteiger partial charge in [0.05, 0.1) is 24.6 Å². The van der Waals surface area contributed by atoms with E-state index >= 15 is 0 Å². The molecule has 1 aromatic rings. The molecule has 0 radical (unpaired) electrons. The number of carbonyl (C=O) groups is 1. The van der Waals surface area contributed by atoms with Gasteiger partial charge in [0.2, 0.25) is 0 Å². The Labute approximate surface area is 277 Å². The molecule has 3 aliphatic rings. The first-order chi connectivity index (χ1) is 21.1. The van der Waals surface area contributed by atoms with Crippen LogP contribution in [0.3, 0.4) is 0 Å². The van der Waals surface area contributed by atoms with Crippen LogP contribution in [-0.2, 0) is 35.7 Å². The number of hydrogen-bond acceptors (Lipinski definition) is 9. The third-order valence-corrected chi connectivity index (χ3v) is 9.18. The van der Waals surface area contributed by atoms with Crippen LogP contribution in [0.25, 0.3) is 0 Å². The normalized spacial score (nSPS) is 24.6. The van der Waals surface area contributed by atoms with Gasteiger partial charge in [-0.1, -0.05) is 32.6 Å². The molecule has 2 heterocycles. The third kappa shape index (κ3) is 15.2. The summed E-state index contributed by atoms with van der Waals surface area (Å²) in [5.41, 5.74) is 2.22. The molecule has 2 aliphatic carbocycles. The molecule has 1 aromatic heterocycles. The van der Waals surface area contributed by atoms with E-state index in [2.05, 4.69) is 45.6 Å². The number of amides is 1. The van der Waals surface area contributed by atoms with E-state index in [9.17, 15) is 4.79 Å². The maximum atomic E-state index is 11.9. The summed E-state index contributed by atoms with van der Waals surface area (Å²) >= 11 is 1.83. The monoisotopic (exact) mass is 701 g/mol. The Kier molecular flexibility index (Phi) is 19.9. The zero-order valence-corrected chi connectivity index (χ0v) is 29.1. The Morgan fingerprint density at radius 2 is 1.44 bits per heavy atom. The van der Waals surface area contributed by atoms with E-state index < -0.39 is 0 Å². The van der Waals surface area contributed by atoms with Gasteiger partial charge in [-0.05, 0) is 50.7 Å². The number of nitrogens with one attached hydrogen (secondary N) is 5. The second-order valence-electron chi connectivity index (χ2n) is 11.4. The number of alkyl carbamates (subject to hydrolysis) is 1. The molecular formula is C30H52Cl2MnN6O3S. The molecular weight excluding hydrogens is 650 g/mol. The van der Waals surface area contributed by atoms with Gasteiger partial charge in [0.1, 0.15) is 0 Å². The molecule has 2 saturated carbocycles. The van der Waals surface area contributed by atoms with Gasteiger partial charge in [0, 0.05) is 74.1 Å². The number of thioether (sulfide) groups is 1. The zero-order valence-electron chi connectivity index (χ0n) is 25.6. The summed E-state index contributed by atoms with van der Waals surface area (Å²) < 4.78 is 10.7. The molecule has 0 unspecified atom stereocenters. The molecule has 0 spiro atoms. The summed E-state index contributed by atoms with van der Waals surface area (Å²) in [6.07, 6.45) is 11.5. The van der Waals surface area contributed by atoms with E-state index in [4.69, 9.17) is 34.7 Å². The second kappa shape index (κ2) is 23.1. The van der Waals surface area contributed by atoms with Crippen molar-refractivity contribution < 1.29 is 27.4 Å². The van der Waals surface area contributed by atoms with E-state index in [-0.39, 0.29) is 19.2 Å². The van der Waals surface area contributed by atoms with Crippen LogP contribution in [0.4, 0.5) is 4.79 Å². The first-order valence-electron chi connectivity index (χ1n) is 16.0. The number of pyridine rings is 1. The molecule has 0 saturated heterocycles. The van der Waals surface area contributed by atoms with Crippen molar-refractivity contribution >= 4 is 38.1 Å². The Morgan fingerprint density at radius 3 is 1.98 bits per heavy atom. The predicted octanol–water partition coefficient (Wildman–Crippen LogP) is 5.09. The Morgan fingerprint density at radius 1 is 0.907 bits per heavy atom. The van der Waals surface area contributed by atoms with E-state index in [1.54, 1.807) is 0 Å². The summed E-state index contributed by atoms with van der Waals surface area (Å²) in [4.78, 5) is 18.2. The average Bonchev–Trinajstić information content (AvgIpc) is 3.02. The quantitative estimate of drug-likeness (QED) is 0.130. The van der Waals surface area contributed by atoms with Gasteiger partial charge in [-0.2, -0.15) is 0 Å². The summed E-state index contributed by atoms with van der Waals surface area (Å²) in [5, 5.41) is 18.1. The fourth-order valence-electron chi connectivity index (χ4n) is 6.05. The van der Waals surface area contributed by atoms with Gasteiger partial charge in [0.25, 0.3) is 0 Å². The van der Waals surface area contributed by atoms with E-state index in [1.165, 1.54) is 56.3 Å². The van der Waals surface area contributed by atoms with Gasteiger partial charge in [-0.15, -0.1) is 11.8 Å². The van der Waals surface area contributed by atoms with Crippen molar-refractivity contribution in [1.29, 1.82) is 0 Å². The third-order valence-electron chi connectivity index (χ3n) is 8.12. The van der Waals surface area contributed by atoms with Crippen LogP contribution in [0.15, 0.2) is 17.0 Å². The molecule has 2 bridgehead atoms. The van der Waals surface area contributed by atoms with Gasteiger partial charge < -0.3 is 36.1 Å². The topological polar surface area (TPSA) is 109 Å². The predicted molar refractivity (Wildman–Crippen MR) is 174 cm³/mol. The van der Waals surface area contributed by atoms with Crippen molar-refractivity contribution in [3.8, 4) is 0 Å².